The number of aliphatic hydroxyl groups is 6. The number of carbonyl (C=O) groups excluding carboxylic acids is 1. The van der Waals surface area contributed by atoms with Crippen molar-refractivity contribution in [1.82, 2.24) is 4.98 Å². The van der Waals surface area contributed by atoms with Gasteiger partial charge in [-0.25, -0.2) is 4.79 Å². The van der Waals surface area contributed by atoms with E-state index in [0.717, 1.165) is 0 Å². The first-order valence-corrected chi connectivity index (χ1v) is 12.4. The summed E-state index contributed by atoms with van der Waals surface area (Å²) in [5.74, 6) is -4.34. The number of hydrogen-bond donors (Lipinski definition) is 7. The highest BCUT2D eigenvalue weighted by atomic mass is 16.7. The van der Waals surface area contributed by atoms with E-state index in [4.69, 9.17) is 9.47 Å². The van der Waals surface area contributed by atoms with Crippen LogP contribution in [0.3, 0.4) is 0 Å². The summed E-state index contributed by atoms with van der Waals surface area (Å²) in [7, 11) is 0. The standard InChI is InChI=1S/C25H35NO9/c1-12(2)22(31)17(34-16(28)14-7-6-10-26-14)23(32)18(4)11-21(30)19(22,5)25(23,33)24(35-21)15(27)13(3)8-9-20(18,24)29/h6-7,10,12-13,15,17,26-27,29-33H,8-9,11H2,1-5H3/t13-,15+,17+,18-,19+,20-,21?,22+,23+,24+,25+/m0/s1. The zero-order valence-electron chi connectivity index (χ0n) is 20.6. The van der Waals surface area contributed by atoms with E-state index in [1.807, 2.05) is 0 Å². The molecule has 1 aromatic rings. The molecule has 0 radical (unpaired) electrons. The lowest BCUT2D eigenvalue weighted by Gasteiger charge is -2.60. The van der Waals surface area contributed by atoms with E-state index < -0.39 is 74.6 Å². The molecular formula is C25H35NO9. The maximum atomic E-state index is 13.2. The second-order valence-corrected chi connectivity index (χ2v) is 12.4. The number of esters is 1. The predicted molar refractivity (Wildman–Crippen MR) is 119 cm³/mol. The van der Waals surface area contributed by atoms with Gasteiger partial charge in [0.05, 0.1) is 11.5 Å². The van der Waals surface area contributed by atoms with Crippen molar-refractivity contribution >= 4 is 5.97 Å². The van der Waals surface area contributed by atoms with Gasteiger partial charge in [0.25, 0.3) is 0 Å². The lowest BCUT2D eigenvalue weighted by Crippen LogP contribution is -2.75. The molecule has 1 aromatic heterocycles. The number of aliphatic hydroxyl groups excluding tert-OH is 1. The number of rotatable bonds is 3. The molecule has 35 heavy (non-hydrogen) atoms. The van der Waals surface area contributed by atoms with E-state index in [2.05, 4.69) is 4.98 Å². The Bertz CT molecular complexity index is 1130. The van der Waals surface area contributed by atoms with Crippen LogP contribution in [-0.4, -0.2) is 87.6 Å². The number of hydrogen-bond acceptors (Lipinski definition) is 9. The Hall–Kier alpha value is -1.53. The quantitative estimate of drug-likeness (QED) is 0.282. The third-order valence-electron chi connectivity index (χ3n) is 11.3. The van der Waals surface area contributed by atoms with Gasteiger partial charge in [-0.05, 0) is 43.7 Å². The van der Waals surface area contributed by atoms with Crippen LogP contribution < -0.4 is 0 Å². The summed E-state index contributed by atoms with van der Waals surface area (Å²) in [6.45, 7) is 7.91. The van der Waals surface area contributed by atoms with Crippen LogP contribution in [-0.2, 0) is 9.47 Å². The van der Waals surface area contributed by atoms with Crippen molar-refractivity contribution in [3.05, 3.63) is 24.0 Å². The Morgan fingerprint density at radius 3 is 2.43 bits per heavy atom. The van der Waals surface area contributed by atoms with Crippen LogP contribution in [0.5, 0.6) is 0 Å². The zero-order chi connectivity index (χ0) is 25.8. The van der Waals surface area contributed by atoms with Crippen LogP contribution in [0.1, 0.15) is 64.4 Å². The van der Waals surface area contributed by atoms with Gasteiger partial charge in [-0.1, -0.05) is 27.7 Å². The van der Waals surface area contributed by atoms with Gasteiger partial charge in [0.1, 0.15) is 28.1 Å². The van der Waals surface area contributed by atoms with Gasteiger partial charge in [0, 0.05) is 18.0 Å². The summed E-state index contributed by atoms with van der Waals surface area (Å²) in [6.07, 6.45) is -1.63. The second kappa shape index (κ2) is 5.96. The molecule has 1 unspecified atom stereocenters. The smallest absolute Gasteiger partial charge is 0.355 e. The van der Waals surface area contributed by atoms with Crippen molar-refractivity contribution in [2.24, 2.45) is 22.7 Å². The zero-order valence-corrected chi connectivity index (χ0v) is 20.6. The highest BCUT2D eigenvalue weighted by Gasteiger charge is 3.10. The summed E-state index contributed by atoms with van der Waals surface area (Å²) in [4.78, 5) is 15.9. The normalized spacial score (nSPS) is 59.8. The van der Waals surface area contributed by atoms with Gasteiger partial charge in [0.2, 0.25) is 0 Å². The minimum atomic E-state index is -2.59. The summed E-state index contributed by atoms with van der Waals surface area (Å²) < 4.78 is 12.1. The highest BCUT2D eigenvalue weighted by Crippen LogP contribution is 2.90. The first kappa shape index (κ1) is 23.8. The summed E-state index contributed by atoms with van der Waals surface area (Å²) in [5.41, 5.74) is -15.2. The largest absolute Gasteiger partial charge is 0.451 e. The molecule has 7 rings (SSSR count). The van der Waals surface area contributed by atoms with E-state index in [0.29, 0.717) is 6.42 Å². The summed E-state index contributed by atoms with van der Waals surface area (Å²) >= 11 is 0. The fourth-order valence-corrected chi connectivity index (χ4v) is 9.56. The molecule has 6 aliphatic rings. The highest BCUT2D eigenvalue weighted by molar-refractivity contribution is 5.87. The monoisotopic (exact) mass is 493 g/mol. The fraction of sp³-hybridized carbons (Fsp3) is 0.800. The third kappa shape index (κ3) is 1.74. The lowest BCUT2D eigenvalue weighted by molar-refractivity contribution is -0.390. The topological polar surface area (TPSA) is 173 Å². The number of H-pyrrole nitrogens is 1. The van der Waals surface area contributed by atoms with Crippen LogP contribution in [0.2, 0.25) is 0 Å². The van der Waals surface area contributed by atoms with Gasteiger partial charge in [-0.3, -0.25) is 0 Å². The predicted octanol–water partition coefficient (Wildman–Crippen LogP) is -0.188. The van der Waals surface area contributed by atoms with Crippen molar-refractivity contribution in [1.29, 1.82) is 0 Å². The molecule has 6 fully saturated rings. The summed E-state index contributed by atoms with van der Waals surface area (Å²) in [5, 5.41) is 73.9. The van der Waals surface area contributed by atoms with E-state index >= 15 is 0 Å². The van der Waals surface area contributed by atoms with Crippen LogP contribution in [0.25, 0.3) is 0 Å². The molecule has 4 aliphatic carbocycles. The van der Waals surface area contributed by atoms with E-state index in [1.165, 1.54) is 26.1 Å². The average molecular weight is 494 g/mol. The van der Waals surface area contributed by atoms with Gasteiger partial charge >= 0.3 is 5.97 Å². The summed E-state index contributed by atoms with van der Waals surface area (Å²) in [6, 6.07) is 3.06. The van der Waals surface area contributed by atoms with Crippen molar-refractivity contribution in [3.8, 4) is 0 Å². The number of aromatic amines is 1. The molecule has 10 heteroatoms. The Morgan fingerprint density at radius 2 is 1.86 bits per heavy atom. The molecule has 2 aliphatic heterocycles. The molecular weight excluding hydrogens is 458 g/mol. The number of carbonyl (C=O) groups is 1. The Labute approximate surface area is 202 Å². The first-order valence-electron chi connectivity index (χ1n) is 12.4. The molecule has 7 N–H and O–H groups in total. The lowest BCUT2D eigenvalue weighted by atomic mass is 9.52. The van der Waals surface area contributed by atoms with Crippen LogP contribution in [0, 0.1) is 22.7 Å². The second-order valence-electron chi connectivity index (χ2n) is 12.4. The molecule has 3 heterocycles. The maximum absolute atomic E-state index is 13.2. The minimum Gasteiger partial charge on any atom is -0.451 e. The Kier molecular flexibility index (Phi) is 4.06. The van der Waals surface area contributed by atoms with E-state index in [1.54, 1.807) is 26.8 Å². The molecule has 1 spiro atoms. The van der Waals surface area contributed by atoms with Gasteiger partial charge in [0.15, 0.2) is 17.5 Å². The molecule has 194 valence electrons. The fourth-order valence-electron chi connectivity index (χ4n) is 9.56. The van der Waals surface area contributed by atoms with Crippen molar-refractivity contribution in [3.63, 3.8) is 0 Å². The van der Waals surface area contributed by atoms with Crippen molar-refractivity contribution < 1.29 is 44.9 Å². The molecule has 10 nitrogen and oxygen atoms in total. The Morgan fingerprint density at radius 1 is 1.20 bits per heavy atom. The van der Waals surface area contributed by atoms with Gasteiger partial charge < -0.3 is 45.1 Å². The van der Waals surface area contributed by atoms with Gasteiger partial charge in [-0.15, -0.1) is 0 Å². The van der Waals surface area contributed by atoms with Crippen LogP contribution >= 0.6 is 0 Å². The third-order valence-corrected chi connectivity index (χ3v) is 11.3. The van der Waals surface area contributed by atoms with E-state index in [-0.39, 0.29) is 18.5 Å². The molecule has 6 bridgehead atoms. The number of nitrogens with one attached hydrogen (secondary N) is 1. The SMILES string of the molecule is CC(C)[C@@]1(O)[C@@H](OC(=O)c2ccc[nH]2)[C@@]2(O)[C@@]3(C)CC4(O)O[C@@]5([C@H](O)[C@@H](C)CC[C@]35O)[C@@]2(O)[C@]41C. The molecule has 0 amide bonds. The van der Waals surface area contributed by atoms with E-state index in [9.17, 15) is 35.4 Å². The minimum absolute atomic E-state index is 0.0654. The Balaban J connectivity index is 1.69. The van der Waals surface area contributed by atoms with Gasteiger partial charge in [-0.2, -0.15) is 0 Å². The number of ether oxygens (including phenoxy) is 2. The number of aromatic nitrogens is 1. The average Bonchev–Trinajstić information content (AvgIpc) is 3.41. The van der Waals surface area contributed by atoms with Crippen LogP contribution in [0.4, 0.5) is 0 Å². The van der Waals surface area contributed by atoms with Crippen molar-refractivity contribution in [2.45, 2.75) is 99.9 Å². The van der Waals surface area contributed by atoms with Crippen LogP contribution in [0.15, 0.2) is 18.3 Å². The molecule has 2 saturated heterocycles. The van der Waals surface area contributed by atoms with Crippen molar-refractivity contribution in [2.75, 3.05) is 0 Å². The molecule has 0 aromatic carbocycles. The first-order chi connectivity index (χ1) is 16.0. The molecule has 11 atom stereocenters. The molecule has 4 saturated carbocycles. The maximum Gasteiger partial charge on any atom is 0.355 e.